The molecule has 0 bridgehead atoms. The van der Waals surface area contributed by atoms with Crippen molar-refractivity contribution in [3.63, 3.8) is 0 Å². The zero-order valence-corrected chi connectivity index (χ0v) is 17.8. The van der Waals surface area contributed by atoms with Gasteiger partial charge in [0.15, 0.2) is 0 Å². The van der Waals surface area contributed by atoms with E-state index in [0.29, 0.717) is 18.8 Å². The van der Waals surface area contributed by atoms with Crippen molar-refractivity contribution >= 4 is 29.9 Å². The maximum absolute atomic E-state index is 12.5. The van der Waals surface area contributed by atoms with E-state index >= 15 is 0 Å². The van der Waals surface area contributed by atoms with Gasteiger partial charge in [-0.1, -0.05) is 72.0 Å². The second-order valence-corrected chi connectivity index (χ2v) is 8.68. The Bertz CT molecular complexity index is 953. The summed E-state index contributed by atoms with van der Waals surface area (Å²) < 4.78 is 0. The smallest absolute Gasteiger partial charge is 0.240 e. The predicted molar refractivity (Wildman–Crippen MR) is 120 cm³/mol. The number of hydrogen-bond donors (Lipinski definition) is 2. The van der Waals surface area contributed by atoms with E-state index in [1.165, 1.54) is 5.56 Å². The van der Waals surface area contributed by atoms with Gasteiger partial charge in [-0.25, -0.2) is 0 Å². The van der Waals surface area contributed by atoms with Crippen LogP contribution in [0.5, 0.6) is 0 Å². The molecule has 2 N–H and O–H groups in total. The second kappa shape index (κ2) is 8.65. The number of thiol groups is 1. The van der Waals surface area contributed by atoms with Gasteiger partial charge in [-0.05, 0) is 18.4 Å². The molecule has 0 aliphatic carbocycles. The van der Waals surface area contributed by atoms with Gasteiger partial charge in [-0.15, -0.1) is 10.2 Å². The summed E-state index contributed by atoms with van der Waals surface area (Å²) in [6.07, 6.45) is 1.59. The molecular weight excluding hydrogens is 400 g/mol. The number of carbonyl (C=O) groups is 1. The number of benzene rings is 2. The summed E-state index contributed by atoms with van der Waals surface area (Å²) >= 11 is 5.82. The summed E-state index contributed by atoms with van der Waals surface area (Å²) in [5.41, 5.74) is 7.97. The number of nitrogens with two attached hydrogens (primary N) is 1. The van der Waals surface area contributed by atoms with E-state index in [1.54, 1.807) is 11.3 Å². The lowest BCUT2D eigenvalue weighted by atomic mass is 9.73. The number of aromatic nitrogens is 2. The average Bonchev–Trinajstić information content (AvgIpc) is 3.30. The van der Waals surface area contributed by atoms with Crippen molar-refractivity contribution in [1.29, 1.82) is 0 Å². The molecule has 1 aliphatic rings. The number of rotatable bonds is 5. The van der Waals surface area contributed by atoms with Gasteiger partial charge >= 0.3 is 0 Å². The van der Waals surface area contributed by atoms with Gasteiger partial charge in [0.05, 0.1) is 11.5 Å². The number of hydrogen-bond acceptors (Lipinski definition) is 6. The fraction of sp³-hybridized carbons (Fsp3) is 0.318. The SMILES string of the molecule is N[C@@H](CS)C(=O)N1CCC(c2ccccc2)(c2nnc(-c3ccccc3)s2)CC1. The number of nitrogens with zero attached hydrogens (tertiary/aromatic N) is 3. The van der Waals surface area contributed by atoms with Crippen LogP contribution < -0.4 is 5.73 Å². The van der Waals surface area contributed by atoms with E-state index in [4.69, 9.17) is 5.73 Å². The minimum Gasteiger partial charge on any atom is -0.341 e. The Balaban J connectivity index is 1.66. The highest BCUT2D eigenvalue weighted by atomic mass is 32.1. The van der Waals surface area contributed by atoms with Crippen LogP contribution in [0.25, 0.3) is 10.6 Å². The number of carbonyl (C=O) groups excluding carboxylic acids is 1. The van der Waals surface area contributed by atoms with Crippen LogP contribution in [-0.2, 0) is 10.2 Å². The van der Waals surface area contributed by atoms with E-state index in [2.05, 4.69) is 59.2 Å². The zero-order valence-electron chi connectivity index (χ0n) is 16.1. The number of likely N-dealkylation sites (tertiary alicyclic amines) is 1. The molecule has 0 radical (unpaired) electrons. The molecular formula is C22H24N4OS2. The summed E-state index contributed by atoms with van der Waals surface area (Å²) in [7, 11) is 0. The van der Waals surface area contributed by atoms with Crippen LogP contribution in [0, 0.1) is 0 Å². The molecule has 0 unspecified atom stereocenters. The predicted octanol–water partition coefficient (Wildman–Crippen LogP) is 3.37. The molecule has 5 nitrogen and oxygen atoms in total. The fourth-order valence-corrected chi connectivity index (χ4v) is 5.19. The average molecular weight is 425 g/mol. The van der Waals surface area contributed by atoms with Gasteiger partial charge in [-0.3, -0.25) is 4.79 Å². The molecule has 1 aliphatic heterocycles. The highest BCUT2D eigenvalue weighted by Crippen LogP contribution is 2.44. The normalized spacial score (nSPS) is 17.1. The van der Waals surface area contributed by atoms with Crippen LogP contribution in [0.15, 0.2) is 60.7 Å². The molecule has 4 rings (SSSR count). The molecule has 1 amide bonds. The summed E-state index contributed by atoms with van der Waals surface area (Å²) in [4.78, 5) is 14.4. The van der Waals surface area contributed by atoms with Crippen molar-refractivity contribution in [2.24, 2.45) is 5.73 Å². The molecule has 1 atom stereocenters. The Labute approximate surface area is 180 Å². The van der Waals surface area contributed by atoms with E-state index in [1.807, 2.05) is 29.2 Å². The summed E-state index contributed by atoms with van der Waals surface area (Å²) in [5.74, 6) is 0.333. The summed E-state index contributed by atoms with van der Waals surface area (Å²) in [6.45, 7) is 1.30. The van der Waals surface area contributed by atoms with E-state index in [-0.39, 0.29) is 11.3 Å². The van der Waals surface area contributed by atoms with Crippen molar-refractivity contribution < 1.29 is 4.79 Å². The van der Waals surface area contributed by atoms with Crippen LogP contribution in [0.4, 0.5) is 0 Å². The maximum Gasteiger partial charge on any atom is 0.240 e. The molecule has 1 fully saturated rings. The Morgan fingerprint density at radius 3 is 2.31 bits per heavy atom. The molecule has 1 aromatic heterocycles. The number of piperidine rings is 1. The number of amides is 1. The molecule has 0 spiro atoms. The van der Waals surface area contributed by atoms with E-state index in [9.17, 15) is 4.79 Å². The fourth-order valence-electron chi connectivity index (χ4n) is 3.92. The molecule has 29 heavy (non-hydrogen) atoms. The van der Waals surface area contributed by atoms with Gasteiger partial charge in [0.1, 0.15) is 10.0 Å². The van der Waals surface area contributed by atoms with Crippen molar-refractivity contribution in [2.45, 2.75) is 24.3 Å². The Morgan fingerprint density at radius 1 is 1.07 bits per heavy atom. The third-order valence-corrected chi connectivity index (χ3v) is 7.19. The van der Waals surface area contributed by atoms with Crippen molar-refractivity contribution in [3.05, 3.63) is 71.2 Å². The third kappa shape index (κ3) is 3.95. The lowest BCUT2D eigenvalue weighted by Gasteiger charge is -2.41. The lowest BCUT2D eigenvalue weighted by Crippen LogP contribution is -2.51. The summed E-state index contributed by atoms with van der Waals surface area (Å²) in [6, 6.07) is 20.0. The van der Waals surface area contributed by atoms with Gasteiger partial charge in [0.2, 0.25) is 5.91 Å². The Hall–Kier alpha value is -2.22. The van der Waals surface area contributed by atoms with Gasteiger partial charge < -0.3 is 10.6 Å². The molecule has 150 valence electrons. The second-order valence-electron chi connectivity index (χ2n) is 7.34. The molecule has 2 aromatic carbocycles. The van der Waals surface area contributed by atoms with E-state index < -0.39 is 6.04 Å². The minimum absolute atomic E-state index is 0.0242. The van der Waals surface area contributed by atoms with E-state index in [0.717, 1.165) is 28.4 Å². The summed E-state index contributed by atoms with van der Waals surface area (Å²) in [5, 5.41) is 11.0. The van der Waals surface area contributed by atoms with Crippen LogP contribution in [0.2, 0.25) is 0 Å². The highest BCUT2D eigenvalue weighted by molar-refractivity contribution is 7.80. The first kappa shape index (κ1) is 20.1. The van der Waals surface area contributed by atoms with Crippen LogP contribution >= 0.6 is 24.0 Å². The van der Waals surface area contributed by atoms with Gasteiger partial charge in [0, 0.05) is 24.4 Å². The van der Waals surface area contributed by atoms with Crippen molar-refractivity contribution in [2.75, 3.05) is 18.8 Å². The molecule has 3 aromatic rings. The highest BCUT2D eigenvalue weighted by Gasteiger charge is 2.42. The Morgan fingerprint density at radius 2 is 1.69 bits per heavy atom. The first-order valence-corrected chi connectivity index (χ1v) is 11.2. The first-order chi connectivity index (χ1) is 14.1. The molecule has 2 heterocycles. The monoisotopic (exact) mass is 424 g/mol. The largest absolute Gasteiger partial charge is 0.341 e. The molecule has 1 saturated heterocycles. The molecule has 7 heteroatoms. The van der Waals surface area contributed by atoms with Crippen molar-refractivity contribution in [1.82, 2.24) is 15.1 Å². The standard InChI is InChI=1S/C22H24N4OS2/c23-18(15-28)20(27)26-13-11-22(12-14-26,17-9-5-2-6-10-17)21-25-24-19(29-21)16-7-3-1-4-8-16/h1-10,18,28H,11-15,23H2/t18-/m0/s1. The first-order valence-electron chi connectivity index (χ1n) is 9.74. The molecule has 0 saturated carbocycles. The van der Waals surface area contributed by atoms with Crippen LogP contribution in [-0.4, -0.2) is 45.9 Å². The lowest BCUT2D eigenvalue weighted by molar-refractivity contribution is -0.133. The maximum atomic E-state index is 12.5. The van der Waals surface area contributed by atoms with Crippen molar-refractivity contribution in [3.8, 4) is 10.6 Å². The topological polar surface area (TPSA) is 72.1 Å². The van der Waals surface area contributed by atoms with Crippen LogP contribution in [0.3, 0.4) is 0 Å². The van der Waals surface area contributed by atoms with Crippen LogP contribution in [0.1, 0.15) is 23.4 Å². The Kier molecular flexibility index (Phi) is 5.99. The quantitative estimate of drug-likeness (QED) is 0.616. The van der Waals surface area contributed by atoms with Gasteiger partial charge in [0.25, 0.3) is 0 Å². The zero-order chi connectivity index (χ0) is 20.3. The minimum atomic E-state index is -0.547. The van der Waals surface area contributed by atoms with Gasteiger partial charge in [-0.2, -0.15) is 12.6 Å². The third-order valence-electron chi connectivity index (χ3n) is 5.62.